The lowest BCUT2D eigenvalue weighted by Gasteiger charge is -2.07. The second kappa shape index (κ2) is 6.02. The largest absolute Gasteiger partial charge is 0.492 e. The maximum atomic E-state index is 10.9. The van der Waals surface area contributed by atoms with Crippen LogP contribution in [0, 0.1) is 0 Å². The highest BCUT2D eigenvalue weighted by Crippen LogP contribution is 2.24. The van der Waals surface area contributed by atoms with E-state index in [2.05, 4.69) is 0 Å². The van der Waals surface area contributed by atoms with Crippen molar-refractivity contribution in [2.24, 2.45) is 0 Å². The van der Waals surface area contributed by atoms with Crippen molar-refractivity contribution in [3.8, 4) is 5.75 Å². The molecule has 1 rings (SSSR count). The minimum Gasteiger partial charge on any atom is -0.492 e. The Labute approximate surface area is 105 Å². The number of sulfone groups is 1. The smallest absolute Gasteiger partial charge is 0.150 e. The van der Waals surface area contributed by atoms with Crippen molar-refractivity contribution in [3.05, 3.63) is 28.8 Å². The zero-order valence-corrected chi connectivity index (χ0v) is 10.9. The van der Waals surface area contributed by atoms with Gasteiger partial charge in [0.2, 0.25) is 0 Å². The van der Waals surface area contributed by atoms with E-state index in [1.807, 2.05) is 0 Å². The molecular weight excluding hydrogens is 264 g/mol. The van der Waals surface area contributed by atoms with Gasteiger partial charge in [0.25, 0.3) is 0 Å². The highest BCUT2D eigenvalue weighted by molar-refractivity contribution is 7.90. The molecule has 0 bridgehead atoms. The maximum absolute atomic E-state index is 10.9. The summed E-state index contributed by atoms with van der Waals surface area (Å²) < 4.78 is 27.1. The molecular formula is C11H13ClO4S. The number of hydrogen-bond donors (Lipinski definition) is 0. The molecule has 0 fully saturated rings. The first-order chi connectivity index (χ1) is 7.92. The van der Waals surface area contributed by atoms with Crippen molar-refractivity contribution in [3.63, 3.8) is 0 Å². The van der Waals surface area contributed by atoms with Gasteiger partial charge in [0.05, 0.1) is 17.4 Å². The van der Waals surface area contributed by atoms with Crippen LogP contribution in [0.4, 0.5) is 0 Å². The van der Waals surface area contributed by atoms with E-state index < -0.39 is 9.84 Å². The molecule has 0 aliphatic carbocycles. The fourth-order valence-corrected chi connectivity index (χ4v) is 2.10. The topological polar surface area (TPSA) is 60.4 Å². The molecule has 0 aliphatic rings. The third-order valence-corrected chi connectivity index (χ3v) is 3.33. The number of halogens is 1. The van der Waals surface area contributed by atoms with Crippen LogP contribution in [0.1, 0.15) is 16.8 Å². The minimum atomic E-state index is -2.96. The number of benzene rings is 1. The Morgan fingerprint density at radius 3 is 2.65 bits per heavy atom. The number of rotatable bonds is 6. The van der Waals surface area contributed by atoms with Crippen LogP contribution in [0.25, 0.3) is 0 Å². The summed E-state index contributed by atoms with van der Waals surface area (Å²) in [6.45, 7) is 0.271. The molecule has 0 aliphatic heterocycles. The van der Waals surface area contributed by atoms with Gasteiger partial charge >= 0.3 is 0 Å². The Balaban J connectivity index is 2.50. The summed E-state index contributed by atoms with van der Waals surface area (Å²) in [6.07, 6.45) is 2.28. The van der Waals surface area contributed by atoms with Crippen molar-refractivity contribution in [1.82, 2.24) is 0 Å². The summed E-state index contributed by atoms with van der Waals surface area (Å²) in [5, 5.41) is 0.342. The molecule has 17 heavy (non-hydrogen) atoms. The zero-order valence-electron chi connectivity index (χ0n) is 9.35. The Morgan fingerprint density at radius 2 is 2.12 bits per heavy atom. The quantitative estimate of drug-likeness (QED) is 0.589. The van der Waals surface area contributed by atoms with Crippen LogP contribution in [-0.4, -0.2) is 33.3 Å². The highest BCUT2D eigenvalue weighted by atomic mass is 35.5. The second-order valence-electron chi connectivity index (χ2n) is 3.64. The normalized spacial score (nSPS) is 11.2. The van der Waals surface area contributed by atoms with E-state index >= 15 is 0 Å². The van der Waals surface area contributed by atoms with Gasteiger partial charge in [-0.3, -0.25) is 4.79 Å². The standard InChI is InChI=1S/C11H13ClO4S/c1-17(14,15)6-2-5-16-11-4-3-9(8-13)7-10(11)12/h3-4,7-8H,2,5-6H2,1H3. The summed E-state index contributed by atoms with van der Waals surface area (Å²) in [5.41, 5.74) is 0.471. The van der Waals surface area contributed by atoms with Crippen LogP contribution in [0.15, 0.2) is 18.2 Å². The van der Waals surface area contributed by atoms with Crippen LogP contribution in [-0.2, 0) is 9.84 Å². The van der Waals surface area contributed by atoms with Crippen molar-refractivity contribution >= 4 is 27.7 Å². The van der Waals surface area contributed by atoms with Gasteiger partial charge in [0, 0.05) is 11.8 Å². The van der Waals surface area contributed by atoms with Gasteiger partial charge in [-0.25, -0.2) is 8.42 Å². The van der Waals surface area contributed by atoms with Crippen molar-refractivity contribution in [1.29, 1.82) is 0 Å². The van der Waals surface area contributed by atoms with E-state index in [0.717, 1.165) is 0 Å². The third-order valence-electron chi connectivity index (χ3n) is 2.01. The van der Waals surface area contributed by atoms with Crippen LogP contribution >= 0.6 is 11.6 Å². The number of carbonyl (C=O) groups is 1. The summed E-state index contributed by atoms with van der Waals surface area (Å²) in [5.74, 6) is 0.530. The highest BCUT2D eigenvalue weighted by Gasteiger charge is 2.05. The fraction of sp³-hybridized carbons (Fsp3) is 0.364. The van der Waals surface area contributed by atoms with Gasteiger partial charge in [-0.2, -0.15) is 0 Å². The van der Waals surface area contributed by atoms with Gasteiger partial charge in [0.15, 0.2) is 0 Å². The third kappa shape index (κ3) is 5.19. The van der Waals surface area contributed by atoms with Gasteiger partial charge in [-0.15, -0.1) is 0 Å². The molecule has 0 saturated carbocycles. The molecule has 0 unspecified atom stereocenters. The van der Waals surface area contributed by atoms with E-state index in [1.54, 1.807) is 12.1 Å². The number of hydrogen-bond acceptors (Lipinski definition) is 4. The lowest BCUT2D eigenvalue weighted by molar-refractivity contribution is 0.112. The van der Waals surface area contributed by atoms with Crippen LogP contribution in [0.5, 0.6) is 5.75 Å². The first-order valence-corrected chi connectivity index (χ1v) is 7.41. The van der Waals surface area contributed by atoms with Gasteiger partial charge in [-0.05, 0) is 24.6 Å². The molecule has 6 heteroatoms. The molecule has 0 saturated heterocycles. The Morgan fingerprint density at radius 1 is 1.41 bits per heavy atom. The maximum Gasteiger partial charge on any atom is 0.150 e. The molecule has 0 N–H and O–H groups in total. The Kier molecular flexibility index (Phi) is 4.96. The van der Waals surface area contributed by atoms with Crippen molar-refractivity contribution in [2.45, 2.75) is 6.42 Å². The van der Waals surface area contributed by atoms with E-state index in [9.17, 15) is 13.2 Å². The average Bonchev–Trinajstić information content (AvgIpc) is 2.24. The summed E-state index contributed by atoms with van der Waals surface area (Å²) in [4.78, 5) is 10.5. The molecule has 4 nitrogen and oxygen atoms in total. The van der Waals surface area contributed by atoms with E-state index in [1.165, 1.54) is 12.3 Å². The number of aldehydes is 1. The van der Waals surface area contributed by atoms with E-state index in [4.69, 9.17) is 16.3 Å². The minimum absolute atomic E-state index is 0.0804. The number of carbonyl (C=O) groups excluding carboxylic acids is 1. The van der Waals surface area contributed by atoms with Crippen LogP contribution < -0.4 is 4.74 Å². The molecule has 0 atom stereocenters. The molecule has 0 heterocycles. The molecule has 0 amide bonds. The van der Waals surface area contributed by atoms with E-state index in [0.29, 0.717) is 29.0 Å². The predicted molar refractivity (Wildman–Crippen MR) is 66.7 cm³/mol. The Bertz CT molecular complexity index is 496. The van der Waals surface area contributed by atoms with Gasteiger partial charge < -0.3 is 4.74 Å². The van der Waals surface area contributed by atoms with Crippen molar-refractivity contribution in [2.75, 3.05) is 18.6 Å². The summed E-state index contributed by atoms with van der Waals surface area (Å²) >= 11 is 5.87. The fourth-order valence-electron chi connectivity index (χ4n) is 1.21. The first-order valence-electron chi connectivity index (χ1n) is 4.97. The second-order valence-corrected chi connectivity index (χ2v) is 6.31. The predicted octanol–water partition coefficient (Wildman–Crippen LogP) is 1.97. The SMILES string of the molecule is CS(=O)(=O)CCCOc1ccc(C=O)cc1Cl. The first kappa shape index (κ1) is 14.0. The van der Waals surface area contributed by atoms with Crippen LogP contribution in [0.2, 0.25) is 5.02 Å². The van der Waals surface area contributed by atoms with Crippen molar-refractivity contribution < 1.29 is 17.9 Å². The molecule has 0 radical (unpaired) electrons. The summed E-state index contributed by atoms with van der Waals surface area (Å²) in [7, 11) is -2.96. The lowest BCUT2D eigenvalue weighted by atomic mass is 10.2. The average molecular weight is 277 g/mol. The molecule has 94 valence electrons. The molecule has 1 aromatic carbocycles. The molecule has 0 spiro atoms. The monoisotopic (exact) mass is 276 g/mol. The molecule has 1 aromatic rings. The van der Waals surface area contributed by atoms with Crippen LogP contribution in [0.3, 0.4) is 0 Å². The molecule has 0 aromatic heterocycles. The Hall–Kier alpha value is -1.07. The zero-order chi connectivity index (χ0) is 12.9. The van der Waals surface area contributed by atoms with Gasteiger partial charge in [0.1, 0.15) is 21.9 Å². The lowest BCUT2D eigenvalue weighted by Crippen LogP contribution is -2.08. The summed E-state index contributed by atoms with van der Waals surface area (Å²) in [6, 6.07) is 4.68. The van der Waals surface area contributed by atoms with Gasteiger partial charge in [-0.1, -0.05) is 11.6 Å². The van der Waals surface area contributed by atoms with E-state index in [-0.39, 0.29) is 12.4 Å². The number of ether oxygens (including phenoxy) is 1.